The fraction of sp³-hybridized carbons (Fsp3) is 0.417. The molecule has 0 atom stereocenters. The summed E-state index contributed by atoms with van der Waals surface area (Å²) in [5, 5.41) is 0.770. The Kier molecular flexibility index (Phi) is 5.69. The summed E-state index contributed by atoms with van der Waals surface area (Å²) in [5.41, 5.74) is 3.22. The molecule has 3 heterocycles. The molecular formula is C24H28N2O3S. The van der Waals surface area contributed by atoms with Crippen molar-refractivity contribution in [1.29, 1.82) is 0 Å². The monoisotopic (exact) mass is 424 g/mol. The summed E-state index contributed by atoms with van der Waals surface area (Å²) in [5.74, 6) is 2.86. The van der Waals surface area contributed by atoms with Gasteiger partial charge >= 0.3 is 0 Å². The second-order valence-electron chi connectivity index (χ2n) is 8.22. The zero-order chi connectivity index (χ0) is 21.4. The number of methoxy groups -OCH3 is 1. The fourth-order valence-corrected chi connectivity index (χ4v) is 4.78. The molecule has 0 N–H and O–H groups in total. The molecule has 1 aliphatic rings. The number of ether oxygens (including phenoxy) is 2. The quantitative estimate of drug-likeness (QED) is 0.528. The normalized spacial score (nSPS) is 14.7. The van der Waals surface area contributed by atoms with E-state index in [1.165, 1.54) is 0 Å². The Hall–Kier alpha value is -2.60. The summed E-state index contributed by atoms with van der Waals surface area (Å²) in [7, 11) is 1.66. The number of thiophene rings is 1. The Balaban J connectivity index is 1.67. The molecule has 5 nitrogen and oxygen atoms in total. The van der Waals surface area contributed by atoms with Crippen LogP contribution >= 0.6 is 11.3 Å². The van der Waals surface area contributed by atoms with E-state index in [9.17, 15) is 4.79 Å². The molecule has 0 radical (unpaired) electrons. The van der Waals surface area contributed by atoms with Crippen LogP contribution in [0.5, 0.6) is 11.5 Å². The first-order valence-corrected chi connectivity index (χ1v) is 11.2. The summed E-state index contributed by atoms with van der Waals surface area (Å²) in [6, 6.07) is 5.96. The highest BCUT2D eigenvalue weighted by atomic mass is 32.1. The van der Waals surface area contributed by atoms with E-state index in [2.05, 4.69) is 19.9 Å². The second-order valence-corrected chi connectivity index (χ2v) is 9.42. The van der Waals surface area contributed by atoms with E-state index in [4.69, 9.17) is 14.5 Å². The van der Waals surface area contributed by atoms with Gasteiger partial charge in [0.2, 0.25) is 0 Å². The summed E-state index contributed by atoms with van der Waals surface area (Å²) in [4.78, 5) is 19.9. The average molecular weight is 425 g/mol. The summed E-state index contributed by atoms with van der Waals surface area (Å²) >= 11 is 1.60. The molecule has 0 amide bonds. The van der Waals surface area contributed by atoms with Crippen LogP contribution in [-0.2, 0) is 6.54 Å². The van der Waals surface area contributed by atoms with Gasteiger partial charge in [0.05, 0.1) is 19.1 Å². The lowest BCUT2D eigenvalue weighted by Gasteiger charge is -2.12. The first-order valence-electron chi connectivity index (χ1n) is 10.4. The predicted molar refractivity (Wildman–Crippen MR) is 124 cm³/mol. The largest absolute Gasteiger partial charge is 0.493 e. The van der Waals surface area contributed by atoms with Crippen molar-refractivity contribution >= 4 is 33.2 Å². The van der Waals surface area contributed by atoms with Crippen molar-refractivity contribution in [3.63, 3.8) is 0 Å². The fourth-order valence-electron chi connectivity index (χ4n) is 3.76. The molecule has 0 aliphatic carbocycles. The zero-order valence-electron chi connectivity index (χ0n) is 18.2. The molecule has 0 saturated heterocycles. The van der Waals surface area contributed by atoms with Crippen LogP contribution < -0.4 is 15.0 Å². The van der Waals surface area contributed by atoms with Gasteiger partial charge in [0.25, 0.3) is 5.56 Å². The molecule has 1 aromatic carbocycles. The van der Waals surface area contributed by atoms with Crippen molar-refractivity contribution in [2.24, 2.45) is 5.92 Å². The standard InChI is InChI=1S/C24H28N2O3S/c1-14(2)9-11-29-19-7-6-17(13-20(19)28-5)12-18-8-10-26-22(18)25-23-21(24(26)27)15(3)16(4)30-23/h6-7,12-14H,8-11H2,1-5H3. The Morgan fingerprint density at radius 2 is 2.07 bits per heavy atom. The Bertz CT molecular complexity index is 1190. The lowest BCUT2D eigenvalue weighted by atomic mass is 10.1. The molecule has 1 aliphatic heterocycles. The molecular weight excluding hydrogens is 396 g/mol. The van der Waals surface area contributed by atoms with Crippen LogP contribution in [0.2, 0.25) is 0 Å². The van der Waals surface area contributed by atoms with Crippen LogP contribution in [0.25, 0.3) is 21.9 Å². The number of allylic oxidation sites excluding steroid dienone is 1. The molecule has 0 saturated carbocycles. The SMILES string of the molecule is COc1cc(C=C2CCn3c2nc2sc(C)c(C)c2c3=O)ccc1OCCC(C)C. The second kappa shape index (κ2) is 8.26. The third-order valence-electron chi connectivity index (χ3n) is 5.66. The Labute approximate surface area is 181 Å². The average Bonchev–Trinajstić information content (AvgIpc) is 3.24. The van der Waals surface area contributed by atoms with Gasteiger partial charge in [-0.05, 0) is 67.5 Å². The number of rotatable bonds is 6. The summed E-state index contributed by atoms with van der Waals surface area (Å²) in [6.45, 7) is 9.76. The third-order valence-corrected chi connectivity index (χ3v) is 6.76. The van der Waals surface area contributed by atoms with Crippen LogP contribution in [0.15, 0.2) is 23.0 Å². The van der Waals surface area contributed by atoms with Crippen LogP contribution in [0, 0.1) is 19.8 Å². The highest BCUT2D eigenvalue weighted by molar-refractivity contribution is 7.18. The van der Waals surface area contributed by atoms with Gasteiger partial charge in [-0.3, -0.25) is 9.36 Å². The minimum Gasteiger partial charge on any atom is -0.493 e. The molecule has 0 spiro atoms. The van der Waals surface area contributed by atoms with Gasteiger partial charge in [-0.25, -0.2) is 4.98 Å². The molecule has 2 aromatic heterocycles. The molecule has 0 unspecified atom stereocenters. The van der Waals surface area contributed by atoms with E-state index >= 15 is 0 Å². The lowest BCUT2D eigenvalue weighted by molar-refractivity contribution is 0.273. The van der Waals surface area contributed by atoms with E-state index in [-0.39, 0.29) is 5.56 Å². The minimum atomic E-state index is 0.0757. The van der Waals surface area contributed by atoms with Crippen LogP contribution in [0.3, 0.4) is 0 Å². The van der Waals surface area contributed by atoms with Gasteiger partial charge in [-0.1, -0.05) is 19.9 Å². The van der Waals surface area contributed by atoms with E-state index in [1.54, 1.807) is 18.4 Å². The van der Waals surface area contributed by atoms with Crippen molar-refractivity contribution in [2.45, 2.75) is 47.1 Å². The van der Waals surface area contributed by atoms with E-state index < -0.39 is 0 Å². The number of benzene rings is 1. The topological polar surface area (TPSA) is 53.4 Å². The smallest absolute Gasteiger partial charge is 0.262 e. The maximum absolute atomic E-state index is 13.0. The van der Waals surface area contributed by atoms with Crippen molar-refractivity contribution in [3.05, 3.63) is 50.4 Å². The Morgan fingerprint density at radius 3 is 2.80 bits per heavy atom. The number of nitrogens with zero attached hydrogens (tertiary/aromatic N) is 2. The van der Waals surface area contributed by atoms with Crippen molar-refractivity contribution < 1.29 is 9.47 Å². The van der Waals surface area contributed by atoms with E-state index in [0.717, 1.165) is 62.0 Å². The number of hydrogen-bond donors (Lipinski definition) is 0. The first-order chi connectivity index (χ1) is 14.4. The van der Waals surface area contributed by atoms with Crippen LogP contribution in [0.1, 0.15) is 48.5 Å². The third kappa shape index (κ3) is 3.76. The zero-order valence-corrected chi connectivity index (χ0v) is 19.1. The number of hydrogen-bond acceptors (Lipinski definition) is 5. The van der Waals surface area contributed by atoms with Gasteiger partial charge in [0.15, 0.2) is 11.5 Å². The minimum absolute atomic E-state index is 0.0757. The van der Waals surface area contributed by atoms with Crippen LogP contribution in [0.4, 0.5) is 0 Å². The lowest BCUT2D eigenvalue weighted by Crippen LogP contribution is -2.20. The molecule has 4 rings (SSSR count). The van der Waals surface area contributed by atoms with Crippen molar-refractivity contribution in [3.8, 4) is 11.5 Å². The van der Waals surface area contributed by atoms with Crippen molar-refractivity contribution in [1.82, 2.24) is 9.55 Å². The predicted octanol–water partition coefficient (Wildman–Crippen LogP) is 5.45. The molecule has 158 valence electrons. The molecule has 6 heteroatoms. The van der Waals surface area contributed by atoms with Gasteiger partial charge in [0, 0.05) is 11.4 Å². The first kappa shape index (κ1) is 20.7. The summed E-state index contributed by atoms with van der Waals surface area (Å²) in [6.07, 6.45) is 3.90. The van der Waals surface area contributed by atoms with Gasteiger partial charge in [0.1, 0.15) is 10.7 Å². The number of aryl methyl sites for hydroxylation is 2. The molecule has 3 aromatic rings. The van der Waals surface area contributed by atoms with E-state index in [1.807, 2.05) is 36.6 Å². The molecule has 0 bridgehead atoms. The van der Waals surface area contributed by atoms with Gasteiger partial charge in [-0.15, -0.1) is 11.3 Å². The maximum Gasteiger partial charge on any atom is 0.262 e. The highest BCUT2D eigenvalue weighted by Crippen LogP contribution is 2.34. The Morgan fingerprint density at radius 1 is 1.27 bits per heavy atom. The van der Waals surface area contributed by atoms with Crippen molar-refractivity contribution in [2.75, 3.05) is 13.7 Å². The van der Waals surface area contributed by atoms with E-state index in [0.29, 0.717) is 19.1 Å². The molecule has 0 fully saturated rings. The summed E-state index contributed by atoms with van der Waals surface area (Å²) < 4.78 is 13.3. The van der Waals surface area contributed by atoms with Gasteiger partial charge in [-0.2, -0.15) is 0 Å². The number of aromatic nitrogens is 2. The number of fused-ring (bicyclic) bond motifs is 2. The molecule has 30 heavy (non-hydrogen) atoms. The van der Waals surface area contributed by atoms with Gasteiger partial charge < -0.3 is 9.47 Å². The maximum atomic E-state index is 13.0. The van der Waals surface area contributed by atoms with Crippen LogP contribution in [-0.4, -0.2) is 23.3 Å². The highest BCUT2D eigenvalue weighted by Gasteiger charge is 2.23.